The van der Waals surface area contributed by atoms with E-state index in [1.54, 1.807) is 0 Å². The summed E-state index contributed by atoms with van der Waals surface area (Å²) in [6, 6.07) is 3.60. The van der Waals surface area contributed by atoms with Crippen LogP contribution in [0.25, 0.3) is 0 Å². The molecule has 0 heterocycles. The molecule has 1 nitrogen and oxygen atoms in total. The van der Waals surface area contributed by atoms with Crippen molar-refractivity contribution in [1.82, 2.24) is 0 Å². The Labute approximate surface area is 82.9 Å². The van der Waals surface area contributed by atoms with Gasteiger partial charge in [-0.1, -0.05) is 26.3 Å². The molecule has 1 aromatic carbocycles. The van der Waals surface area contributed by atoms with Gasteiger partial charge in [-0.05, 0) is 23.6 Å². The van der Waals surface area contributed by atoms with Crippen molar-refractivity contribution in [3.8, 4) is 0 Å². The number of hydrogen-bond donors (Lipinski definition) is 1. The molecule has 78 valence electrons. The maximum atomic E-state index is 12.9. The van der Waals surface area contributed by atoms with Crippen LogP contribution in [0.4, 0.5) is 8.78 Å². The first-order chi connectivity index (χ1) is 6.56. The van der Waals surface area contributed by atoms with E-state index >= 15 is 0 Å². The maximum absolute atomic E-state index is 12.9. The normalized spacial score (nSPS) is 15.2. The summed E-state index contributed by atoms with van der Waals surface area (Å²) in [6.45, 7) is 4.01. The lowest BCUT2D eigenvalue weighted by Crippen LogP contribution is -2.18. The lowest BCUT2D eigenvalue weighted by Gasteiger charge is -2.18. The predicted octanol–water partition coefficient (Wildman–Crippen LogP) is 3.01. The Morgan fingerprint density at radius 1 is 1.29 bits per heavy atom. The monoisotopic (exact) mass is 199 g/mol. The Balaban J connectivity index is 2.91. The number of nitrogens with two attached hydrogens (primary N) is 1. The summed E-state index contributed by atoms with van der Waals surface area (Å²) in [5.74, 6) is -1.40. The molecule has 0 saturated heterocycles. The van der Waals surface area contributed by atoms with Crippen molar-refractivity contribution in [2.24, 2.45) is 11.7 Å². The van der Waals surface area contributed by atoms with Crippen molar-refractivity contribution in [2.75, 3.05) is 0 Å². The molecule has 0 amide bonds. The van der Waals surface area contributed by atoms with E-state index in [-0.39, 0.29) is 12.0 Å². The standard InChI is InChI=1S/C11H15F2N/c1-3-7(2)11(14)8-4-5-9(12)10(13)6-8/h4-7,11H,3,14H2,1-2H3/t7?,11-/m1/s1. The fourth-order valence-corrected chi connectivity index (χ4v) is 1.30. The summed E-state index contributed by atoms with van der Waals surface area (Å²) >= 11 is 0. The zero-order valence-electron chi connectivity index (χ0n) is 8.43. The Morgan fingerprint density at radius 2 is 1.93 bits per heavy atom. The van der Waals surface area contributed by atoms with E-state index in [0.29, 0.717) is 5.56 Å². The molecule has 14 heavy (non-hydrogen) atoms. The summed E-state index contributed by atoms with van der Waals surface area (Å²) < 4.78 is 25.5. The smallest absolute Gasteiger partial charge is 0.159 e. The molecule has 3 heteroatoms. The number of rotatable bonds is 3. The van der Waals surface area contributed by atoms with Crippen LogP contribution in [0.1, 0.15) is 31.9 Å². The van der Waals surface area contributed by atoms with Crippen molar-refractivity contribution in [3.05, 3.63) is 35.4 Å². The zero-order chi connectivity index (χ0) is 10.7. The molecule has 2 atom stereocenters. The van der Waals surface area contributed by atoms with E-state index in [1.807, 2.05) is 13.8 Å². The lowest BCUT2D eigenvalue weighted by molar-refractivity contribution is 0.450. The molecule has 0 aromatic heterocycles. The number of hydrogen-bond acceptors (Lipinski definition) is 1. The van der Waals surface area contributed by atoms with Crippen LogP contribution < -0.4 is 5.73 Å². The molecule has 0 radical (unpaired) electrons. The van der Waals surface area contributed by atoms with E-state index in [4.69, 9.17) is 5.73 Å². The highest BCUT2D eigenvalue weighted by Crippen LogP contribution is 2.22. The summed E-state index contributed by atoms with van der Waals surface area (Å²) in [6.07, 6.45) is 0.917. The third kappa shape index (κ3) is 2.29. The van der Waals surface area contributed by atoms with Gasteiger partial charge in [-0.25, -0.2) is 8.78 Å². The van der Waals surface area contributed by atoms with Crippen LogP contribution in [0.15, 0.2) is 18.2 Å². The molecule has 1 aromatic rings. The summed E-state index contributed by atoms with van der Waals surface area (Å²) in [5, 5.41) is 0. The third-order valence-corrected chi connectivity index (χ3v) is 2.59. The van der Waals surface area contributed by atoms with Crippen molar-refractivity contribution >= 4 is 0 Å². The highest BCUT2D eigenvalue weighted by atomic mass is 19.2. The average molecular weight is 199 g/mol. The van der Waals surface area contributed by atoms with E-state index in [2.05, 4.69) is 0 Å². The van der Waals surface area contributed by atoms with Crippen LogP contribution in [-0.2, 0) is 0 Å². The van der Waals surface area contributed by atoms with Crippen LogP contribution in [0.5, 0.6) is 0 Å². The van der Waals surface area contributed by atoms with Crippen LogP contribution in [-0.4, -0.2) is 0 Å². The quantitative estimate of drug-likeness (QED) is 0.795. The van der Waals surface area contributed by atoms with Crippen LogP contribution in [0.2, 0.25) is 0 Å². The number of halogens is 2. The predicted molar refractivity (Wildman–Crippen MR) is 52.7 cm³/mol. The Morgan fingerprint density at radius 3 is 2.43 bits per heavy atom. The van der Waals surface area contributed by atoms with Gasteiger partial charge in [0.25, 0.3) is 0 Å². The summed E-state index contributed by atoms with van der Waals surface area (Å²) in [7, 11) is 0. The first-order valence-electron chi connectivity index (χ1n) is 4.76. The topological polar surface area (TPSA) is 26.0 Å². The summed E-state index contributed by atoms with van der Waals surface area (Å²) in [4.78, 5) is 0. The zero-order valence-corrected chi connectivity index (χ0v) is 8.43. The van der Waals surface area contributed by atoms with Gasteiger partial charge in [0, 0.05) is 6.04 Å². The van der Waals surface area contributed by atoms with Gasteiger partial charge in [-0.2, -0.15) is 0 Å². The molecule has 2 N–H and O–H groups in total. The Bertz CT molecular complexity index is 312. The SMILES string of the molecule is CCC(C)[C@@H](N)c1ccc(F)c(F)c1. The highest BCUT2D eigenvalue weighted by molar-refractivity contribution is 5.21. The van der Waals surface area contributed by atoms with E-state index in [0.717, 1.165) is 12.5 Å². The lowest BCUT2D eigenvalue weighted by atomic mass is 9.93. The van der Waals surface area contributed by atoms with E-state index < -0.39 is 11.6 Å². The van der Waals surface area contributed by atoms with Gasteiger partial charge in [-0.3, -0.25) is 0 Å². The van der Waals surface area contributed by atoms with Gasteiger partial charge in [-0.15, -0.1) is 0 Å². The molecular formula is C11H15F2N. The molecule has 0 fully saturated rings. The molecule has 1 rings (SSSR count). The number of benzene rings is 1. The van der Waals surface area contributed by atoms with Crippen molar-refractivity contribution in [3.63, 3.8) is 0 Å². The second-order valence-corrected chi connectivity index (χ2v) is 3.58. The fraction of sp³-hybridized carbons (Fsp3) is 0.455. The van der Waals surface area contributed by atoms with Gasteiger partial charge >= 0.3 is 0 Å². The first kappa shape index (κ1) is 11.1. The summed E-state index contributed by atoms with van der Waals surface area (Å²) in [5.41, 5.74) is 6.53. The minimum absolute atomic E-state index is 0.227. The Hall–Kier alpha value is -0.960. The van der Waals surface area contributed by atoms with Crippen molar-refractivity contribution in [2.45, 2.75) is 26.3 Å². The Kier molecular flexibility index (Phi) is 3.58. The maximum Gasteiger partial charge on any atom is 0.159 e. The average Bonchev–Trinajstić information content (AvgIpc) is 2.20. The molecule has 0 bridgehead atoms. The molecule has 0 saturated carbocycles. The van der Waals surface area contributed by atoms with E-state index in [1.165, 1.54) is 12.1 Å². The van der Waals surface area contributed by atoms with Crippen molar-refractivity contribution in [1.29, 1.82) is 0 Å². The van der Waals surface area contributed by atoms with Gasteiger partial charge in [0.2, 0.25) is 0 Å². The van der Waals surface area contributed by atoms with Gasteiger partial charge < -0.3 is 5.73 Å². The third-order valence-electron chi connectivity index (χ3n) is 2.59. The molecule has 0 aliphatic rings. The van der Waals surface area contributed by atoms with Crippen LogP contribution in [0, 0.1) is 17.6 Å². The molecule has 0 aliphatic heterocycles. The van der Waals surface area contributed by atoms with Gasteiger partial charge in [0.05, 0.1) is 0 Å². The van der Waals surface area contributed by atoms with Gasteiger partial charge in [0.15, 0.2) is 11.6 Å². The highest BCUT2D eigenvalue weighted by Gasteiger charge is 2.14. The minimum atomic E-state index is -0.832. The molecule has 0 spiro atoms. The van der Waals surface area contributed by atoms with Crippen molar-refractivity contribution < 1.29 is 8.78 Å². The second-order valence-electron chi connectivity index (χ2n) is 3.58. The minimum Gasteiger partial charge on any atom is -0.324 e. The van der Waals surface area contributed by atoms with E-state index in [9.17, 15) is 8.78 Å². The van der Waals surface area contributed by atoms with Gasteiger partial charge in [0.1, 0.15) is 0 Å². The van der Waals surface area contributed by atoms with Crippen LogP contribution in [0.3, 0.4) is 0 Å². The largest absolute Gasteiger partial charge is 0.324 e. The fourth-order valence-electron chi connectivity index (χ4n) is 1.30. The molecule has 1 unspecified atom stereocenters. The molecular weight excluding hydrogens is 184 g/mol. The second kappa shape index (κ2) is 4.51. The van der Waals surface area contributed by atoms with Crippen LogP contribution >= 0.6 is 0 Å². The first-order valence-corrected chi connectivity index (χ1v) is 4.76. The molecule has 0 aliphatic carbocycles.